The van der Waals surface area contributed by atoms with E-state index in [4.69, 9.17) is 4.74 Å². The summed E-state index contributed by atoms with van der Waals surface area (Å²) in [5.74, 6) is 0.300. The third-order valence-corrected chi connectivity index (χ3v) is 7.39. The molecule has 1 amide bonds. The number of hydrogen-bond acceptors (Lipinski definition) is 7. The van der Waals surface area contributed by atoms with Gasteiger partial charge in [0.05, 0.1) is 30.0 Å². The Balaban J connectivity index is 1.15. The van der Waals surface area contributed by atoms with E-state index in [9.17, 15) is 27.9 Å². The van der Waals surface area contributed by atoms with Gasteiger partial charge in [-0.05, 0) is 60.9 Å². The van der Waals surface area contributed by atoms with Gasteiger partial charge in [-0.3, -0.25) is 14.6 Å². The molecule has 1 saturated heterocycles. The number of pyridine rings is 1. The highest BCUT2D eigenvalue weighted by Gasteiger charge is 2.30. The zero-order valence-corrected chi connectivity index (χ0v) is 22.8. The maximum absolute atomic E-state index is 12.9. The number of aliphatic hydroxyl groups excluding tert-OH is 1. The molecule has 0 bridgehead atoms. The fourth-order valence-corrected chi connectivity index (χ4v) is 5.12. The third kappa shape index (κ3) is 6.77. The predicted octanol–water partition coefficient (Wildman–Crippen LogP) is 3.80. The van der Waals surface area contributed by atoms with Crippen molar-refractivity contribution in [2.45, 2.75) is 37.7 Å². The predicted molar refractivity (Wildman–Crippen MR) is 150 cm³/mol. The molecular weight excluding hydrogens is 551 g/mol. The number of amides is 1. The van der Waals surface area contributed by atoms with Crippen LogP contribution >= 0.6 is 0 Å². The van der Waals surface area contributed by atoms with Gasteiger partial charge in [-0.15, -0.1) is 0 Å². The number of alkyl halides is 3. The summed E-state index contributed by atoms with van der Waals surface area (Å²) in [6.07, 6.45) is -2.19. The average molecular weight is 582 g/mol. The molecule has 12 heteroatoms. The number of hydrogen-bond donors (Lipinski definition) is 2. The minimum atomic E-state index is -4.46. The first kappa shape index (κ1) is 29.2. The smallest absolute Gasteiger partial charge is 0.416 e. The van der Waals surface area contributed by atoms with Crippen molar-refractivity contribution in [3.8, 4) is 17.0 Å². The van der Waals surface area contributed by atoms with Crippen molar-refractivity contribution in [1.29, 1.82) is 0 Å². The van der Waals surface area contributed by atoms with Gasteiger partial charge >= 0.3 is 6.18 Å². The third-order valence-electron chi connectivity index (χ3n) is 7.39. The van der Waals surface area contributed by atoms with Crippen LogP contribution in [0.5, 0.6) is 5.75 Å². The monoisotopic (exact) mass is 581 g/mol. The number of benzene rings is 2. The zero-order valence-electron chi connectivity index (χ0n) is 22.8. The summed E-state index contributed by atoms with van der Waals surface area (Å²) >= 11 is 0. The lowest BCUT2D eigenvalue weighted by Gasteiger charge is -2.33. The molecule has 2 N–H and O–H groups in total. The van der Waals surface area contributed by atoms with E-state index < -0.39 is 23.4 Å². The number of halogens is 3. The van der Waals surface area contributed by atoms with Crippen LogP contribution < -0.4 is 15.6 Å². The maximum Gasteiger partial charge on any atom is 0.416 e. The van der Waals surface area contributed by atoms with Gasteiger partial charge in [-0.25, -0.2) is 4.68 Å². The Bertz CT molecular complexity index is 1620. The second kappa shape index (κ2) is 12.3. The van der Waals surface area contributed by atoms with E-state index in [1.54, 1.807) is 13.3 Å². The van der Waals surface area contributed by atoms with Gasteiger partial charge in [0.1, 0.15) is 12.3 Å². The zero-order chi connectivity index (χ0) is 29.9. The van der Waals surface area contributed by atoms with E-state index in [2.05, 4.69) is 20.3 Å². The van der Waals surface area contributed by atoms with Crippen LogP contribution in [0, 0.1) is 0 Å². The molecule has 3 heterocycles. The number of ether oxygens (including phenoxy) is 1. The summed E-state index contributed by atoms with van der Waals surface area (Å²) in [7, 11) is 1.59. The van der Waals surface area contributed by atoms with Crippen LogP contribution in [0.15, 0.2) is 71.7 Å². The van der Waals surface area contributed by atoms with Gasteiger partial charge < -0.3 is 20.1 Å². The summed E-state index contributed by atoms with van der Waals surface area (Å²) in [6.45, 7) is 1.43. The highest BCUT2D eigenvalue weighted by molar-refractivity contribution is 5.83. The SMILES string of the molecule is COc1ccc2nccc([C@@H](O)CN3CCC(NC(=O)Cn4nc(-c5ccc(C(F)(F)F)cc5)ccc4=O)CC3)c2c1. The van der Waals surface area contributed by atoms with Crippen molar-refractivity contribution < 1.29 is 27.8 Å². The molecule has 1 aliphatic rings. The molecule has 220 valence electrons. The summed E-state index contributed by atoms with van der Waals surface area (Å²) in [4.78, 5) is 31.6. The molecule has 5 rings (SSSR count). The number of fused-ring (bicyclic) bond motifs is 1. The van der Waals surface area contributed by atoms with Gasteiger partial charge in [-0.2, -0.15) is 18.3 Å². The van der Waals surface area contributed by atoms with Crippen LogP contribution in [0.1, 0.15) is 30.1 Å². The van der Waals surface area contributed by atoms with Crippen molar-refractivity contribution in [2.24, 2.45) is 0 Å². The number of rotatable bonds is 8. The lowest BCUT2D eigenvalue weighted by molar-refractivity contribution is -0.137. The number of β-amino-alcohol motifs (C(OH)–C–C–N with tert-alkyl or cyclic N) is 1. The average Bonchev–Trinajstić information content (AvgIpc) is 2.98. The van der Waals surface area contributed by atoms with Gasteiger partial charge in [0, 0.05) is 48.9 Å². The Morgan fingerprint density at radius 2 is 1.83 bits per heavy atom. The quantitative estimate of drug-likeness (QED) is 0.326. The van der Waals surface area contributed by atoms with E-state index in [0.29, 0.717) is 43.8 Å². The molecule has 0 radical (unpaired) electrons. The van der Waals surface area contributed by atoms with Crippen LogP contribution in [0.4, 0.5) is 13.2 Å². The number of methoxy groups -OCH3 is 1. The van der Waals surface area contributed by atoms with E-state index in [1.807, 2.05) is 24.3 Å². The summed E-state index contributed by atoms with van der Waals surface area (Å²) in [5, 5.41) is 19.0. The molecule has 1 atom stereocenters. The second-order valence-electron chi connectivity index (χ2n) is 10.2. The standard InChI is InChI=1S/C30H30F3N5O4/c1-42-22-6-7-26-24(16-22)23(10-13-34-26)27(39)17-37-14-11-21(12-15-37)35-28(40)18-38-29(41)9-8-25(36-38)19-2-4-20(5-3-19)30(31,32)33/h2-10,13,16,21,27,39H,11-12,14-15,17-18H2,1H3,(H,35,40)/t27-/m0/s1. The first-order valence-electron chi connectivity index (χ1n) is 13.5. The first-order chi connectivity index (χ1) is 20.1. The van der Waals surface area contributed by atoms with Gasteiger partial charge in [0.2, 0.25) is 5.91 Å². The number of aliphatic hydroxyl groups is 1. The summed E-state index contributed by atoms with van der Waals surface area (Å²) in [6, 6.07) is 14.3. The molecule has 4 aromatic rings. The number of aromatic nitrogens is 3. The Labute approximate surface area is 239 Å². The molecule has 2 aromatic carbocycles. The Morgan fingerprint density at radius 3 is 2.52 bits per heavy atom. The van der Waals surface area contributed by atoms with E-state index >= 15 is 0 Å². The van der Waals surface area contributed by atoms with Crippen molar-refractivity contribution in [3.05, 3.63) is 88.3 Å². The van der Waals surface area contributed by atoms with Crippen LogP contribution in [0.25, 0.3) is 22.2 Å². The second-order valence-corrected chi connectivity index (χ2v) is 10.2. The number of likely N-dealkylation sites (tertiary alicyclic amines) is 1. The maximum atomic E-state index is 12.9. The Hall–Kier alpha value is -4.29. The highest BCUT2D eigenvalue weighted by Crippen LogP contribution is 2.31. The number of piperidine rings is 1. The number of nitrogens with one attached hydrogen (secondary N) is 1. The molecule has 0 saturated carbocycles. The first-order valence-corrected chi connectivity index (χ1v) is 13.5. The highest BCUT2D eigenvalue weighted by atomic mass is 19.4. The Kier molecular flexibility index (Phi) is 8.55. The molecule has 42 heavy (non-hydrogen) atoms. The van der Waals surface area contributed by atoms with E-state index in [0.717, 1.165) is 33.3 Å². The minimum absolute atomic E-state index is 0.106. The van der Waals surface area contributed by atoms with Crippen LogP contribution in [-0.4, -0.2) is 63.5 Å². The van der Waals surface area contributed by atoms with Gasteiger partial charge in [0.15, 0.2) is 0 Å². The van der Waals surface area contributed by atoms with Gasteiger partial charge in [-0.1, -0.05) is 12.1 Å². The fraction of sp³-hybridized carbons (Fsp3) is 0.333. The van der Waals surface area contributed by atoms with E-state index in [1.165, 1.54) is 24.3 Å². The van der Waals surface area contributed by atoms with Crippen LogP contribution in [0.2, 0.25) is 0 Å². The number of nitrogens with zero attached hydrogens (tertiary/aromatic N) is 4. The van der Waals surface area contributed by atoms with Crippen LogP contribution in [0.3, 0.4) is 0 Å². The van der Waals surface area contributed by atoms with Crippen molar-refractivity contribution in [3.63, 3.8) is 0 Å². The van der Waals surface area contributed by atoms with Gasteiger partial charge in [0.25, 0.3) is 5.56 Å². The summed E-state index contributed by atoms with van der Waals surface area (Å²) in [5.41, 5.74) is 0.934. The lowest BCUT2D eigenvalue weighted by atomic mass is 10.0. The largest absolute Gasteiger partial charge is 0.497 e. The molecule has 0 unspecified atom stereocenters. The molecule has 1 aliphatic heterocycles. The lowest BCUT2D eigenvalue weighted by Crippen LogP contribution is -2.47. The molecular formula is C30H30F3N5O4. The van der Waals surface area contributed by atoms with E-state index in [-0.39, 0.29) is 24.2 Å². The topological polar surface area (TPSA) is 110 Å². The van der Waals surface area contributed by atoms with Crippen molar-refractivity contribution in [2.75, 3.05) is 26.7 Å². The molecule has 0 aliphatic carbocycles. The Morgan fingerprint density at radius 1 is 1.10 bits per heavy atom. The minimum Gasteiger partial charge on any atom is -0.497 e. The van der Waals surface area contributed by atoms with Crippen LogP contribution in [-0.2, 0) is 17.5 Å². The normalized spacial score (nSPS) is 15.5. The molecule has 1 fully saturated rings. The number of carbonyl (C=O) groups excluding carboxylic acids is 1. The fourth-order valence-electron chi connectivity index (χ4n) is 5.12. The number of carbonyl (C=O) groups is 1. The molecule has 2 aromatic heterocycles. The van der Waals surface area contributed by atoms with Crippen molar-refractivity contribution in [1.82, 2.24) is 25.0 Å². The molecule has 9 nitrogen and oxygen atoms in total. The summed E-state index contributed by atoms with van der Waals surface area (Å²) < 4.78 is 44.9. The molecule has 0 spiro atoms. The van der Waals surface area contributed by atoms with Crippen molar-refractivity contribution >= 4 is 16.8 Å².